The van der Waals surface area contributed by atoms with Crippen molar-refractivity contribution in [3.05, 3.63) is 76.9 Å². The molecule has 2 aromatic heterocycles. The number of nitrogens with two attached hydrogens (primary N) is 1. The van der Waals surface area contributed by atoms with Crippen LogP contribution < -0.4 is 15.5 Å². The Balaban J connectivity index is 1.33. The van der Waals surface area contributed by atoms with Crippen molar-refractivity contribution >= 4 is 34.5 Å². The van der Waals surface area contributed by atoms with Gasteiger partial charge in [0, 0.05) is 36.8 Å². The Hall–Kier alpha value is -4.82. The van der Waals surface area contributed by atoms with E-state index in [1.165, 1.54) is 0 Å². The van der Waals surface area contributed by atoms with Crippen LogP contribution in [0.4, 0.5) is 11.8 Å². The summed E-state index contributed by atoms with van der Waals surface area (Å²) in [6, 6.07) is 17.6. The minimum atomic E-state index is -0.192. The molecule has 3 aliphatic rings. The molecule has 7 rings (SSSR count). The number of para-hydroxylation sites is 1. The molecule has 206 valence electrons. The van der Waals surface area contributed by atoms with Gasteiger partial charge in [-0.25, -0.2) is 9.97 Å². The number of benzene rings is 2. The van der Waals surface area contributed by atoms with E-state index in [-0.39, 0.29) is 18.5 Å². The van der Waals surface area contributed by atoms with Crippen molar-refractivity contribution < 1.29 is 4.79 Å². The number of hydrogen-bond acceptors (Lipinski definition) is 9. The fourth-order valence-electron chi connectivity index (χ4n) is 6.07. The van der Waals surface area contributed by atoms with Crippen LogP contribution in [-0.2, 0) is 13.1 Å². The molecule has 0 unspecified atom stereocenters. The second-order valence-corrected chi connectivity index (χ2v) is 10.8. The molecule has 2 aromatic carbocycles. The van der Waals surface area contributed by atoms with E-state index in [9.17, 15) is 10.1 Å². The predicted molar refractivity (Wildman–Crippen MR) is 156 cm³/mol. The largest absolute Gasteiger partial charge is 0.341 e. The molecule has 0 spiro atoms. The van der Waals surface area contributed by atoms with E-state index in [0.717, 1.165) is 41.5 Å². The molecule has 1 atom stereocenters. The molecular formula is C30H30N10O. The number of imidazole rings is 1. The molecule has 5 heterocycles. The van der Waals surface area contributed by atoms with Crippen LogP contribution in [0.2, 0.25) is 0 Å². The molecule has 11 nitrogen and oxygen atoms in total. The SMILES string of the molecule is Cc1nc(CN2C(=O)c3c(nc(N4CCC[C@@H](N)C4)n3Cc3cccc(C#N)c3)N3CCN=C23)nc2ccccc12. The summed E-state index contributed by atoms with van der Waals surface area (Å²) in [6.45, 7) is 5.22. The highest BCUT2D eigenvalue weighted by Crippen LogP contribution is 2.36. The van der Waals surface area contributed by atoms with E-state index in [4.69, 9.17) is 25.7 Å². The molecule has 3 aliphatic heterocycles. The third kappa shape index (κ3) is 4.37. The van der Waals surface area contributed by atoms with Crippen molar-refractivity contribution in [3.63, 3.8) is 0 Å². The second-order valence-electron chi connectivity index (χ2n) is 10.8. The van der Waals surface area contributed by atoms with Gasteiger partial charge in [-0.3, -0.25) is 24.2 Å². The number of hydrogen-bond donors (Lipinski definition) is 1. The number of amides is 1. The predicted octanol–water partition coefficient (Wildman–Crippen LogP) is 2.81. The van der Waals surface area contributed by atoms with Crippen molar-refractivity contribution in [2.45, 2.75) is 38.9 Å². The van der Waals surface area contributed by atoms with Crippen molar-refractivity contribution in [1.29, 1.82) is 5.26 Å². The maximum atomic E-state index is 14.4. The smallest absolute Gasteiger partial charge is 0.281 e. The third-order valence-electron chi connectivity index (χ3n) is 7.97. The summed E-state index contributed by atoms with van der Waals surface area (Å²) in [5, 5.41) is 10.5. The Morgan fingerprint density at radius 3 is 2.80 bits per heavy atom. The first kappa shape index (κ1) is 25.2. The minimum Gasteiger partial charge on any atom is -0.341 e. The highest BCUT2D eigenvalue weighted by molar-refractivity contribution is 6.18. The van der Waals surface area contributed by atoms with Gasteiger partial charge in [0.05, 0.1) is 36.8 Å². The van der Waals surface area contributed by atoms with Crippen LogP contribution >= 0.6 is 0 Å². The number of nitriles is 1. The summed E-state index contributed by atoms with van der Waals surface area (Å²) < 4.78 is 1.99. The number of aryl methyl sites for hydroxylation is 1. The van der Waals surface area contributed by atoms with E-state index in [2.05, 4.69) is 11.0 Å². The van der Waals surface area contributed by atoms with Gasteiger partial charge >= 0.3 is 0 Å². The van der Waals surface area contributed by atoms with Crippen LogP contribution in [0.3, 0.4) is 0 Å². The van der Waals surface area contributed by atoms with Gasteiger partial charge in [-0.2, -0.15) is 10.2 Å². The standard InChI is InChI=1S/C30H30N10O/c1-19-23-9-2-3-10-24(23)35-25(34-19)18-40-28(41)26-27(38-13-11-33-29(38)40)36-30(37-12-5-8-22(32)17-37)39(26)16-21-7-4-6-20(14-21)15-31/h2-4,6-7,9-10,14,22H,5,8,11-13,16-18,32H2,1H3/t22-/m1/s1. The molecule has 0 bridgehead atoms. The molecule has 11 heteroatoms. The lowest BCUT2D eigenvalue weighted by atomic mass is 10.1. The van der Waals surface area contributed by atoms with Crippen molar-refractivity contribution in [2.75, 3.05) is 36.0 Å². The Morgan fingerprint density at radius 2 is 1.95 bits per heavy atom. The van der Waals surface area contributed by atoms with Gasteiger partial charge in [0.25, 0.3) is 5.91 Å². The van der Waals surface area contributed by atoms with Gasteiger partial charge in [0.1, 0.15) is 5.82 Å². The van der Waals surface area contributed by atoms with E-state index in [0.29, 0.717) is 61.0 Å². The summed E-state index contributed by atoms with van der Waals surface area (Å²) in [5.74, 6) is 2.27. The number of aliphatic imine (C=N–C) groups is 1. The zero-order valence-corrected chi connectivity index (χ0v) is 22.9. The second kappa shape index (κ2) is 9.98. The first-order chi connectivity index (χ1) is 20.0. The fraction of sp³-hybridized carbons (Fsp3) is 0.333. The normalized spacial score (nSPS) is 18.4. The summed E-state index contributed by atoms with van der Waals surface area (Å²) in [5.41, 5.74) is 10.1. The number of nitrogens with zero attached hydrogens (tertiary/aromatic N) is 9. The summed E-state index contributed by atoms with van der Waals surface area (Å²) >= 11 is 0. The Morgan fingerprint density at radius 1 is 1.07 bits per heavy atom. The zero-order chi connectivity index (χ0) is 28.1. The number of carbonyl (C=O) groups is 1. The number of rotatable bonds is 5. The van der Waals surface area contributed by atoms with E-state index in [1.54, 1.807) is 11.0 Å². The van der Waals surface area contributed by atoms with Gasteiger partial charge in [-0.1, -0.05) is 30.3 Å². The quantitative estimate of drug-likeness (QED) is 0.404. The Kier molecular flexibility index (Phi) is 6.12. The molecule has 1 amide bonds. The lowest BCUT2D eigenvalue weighted by molar-refractivity contribution is 0.0820. The van der Waals surface area contributed by atoms with Crippen molar-refractivity contribution in [3.8, 4) is 6.07 Å². The molecule has 2 N–H and O–H groups in total. The van der Waals surface area contributed by atoms with Crippen molar-refractivity contribution in [1.82, 2.24) is 24.4 Å². The minimum absolute atomic E-state index is 0.0391. The molecule has 4 aromatic rings. The van der Waals surface area contributed by atoms with Gasteiger partial charge in [-0.15, -0.1) is 0 Å². The fourth-order valence-corrected chi connectivity index (χ4v) is 6.07. The molecule has 1 saturated heterocycles. The van der Waals surface area contributed by atoms with Crippen molar-refractivity contribution in [2.24, 2.45) is 10.7 Å². The summed E-state index contributed by atoms with van der Waals surface area (Å²) in [4.78, 5) is 39.6. The van der Waals surface area contributed by atoms with Crippen LogP contribution in [0, 0.1) is 18.3 Å². The number of carbonyl (C=O) groups excluding carboxylic acids is 1. The Bertz CT molecular complexity index is 1750. The summed E-state index contributed by atoms with van der Waals surface area (Å²) in [7, 11) is 0. The molecule has 0 aliphatic carbocycles. The van der Waals surface area contributed by atoms with Crippen LogP contribution in [0.25, 0.3) is 10.9 Å². The van der Waals surface area contributed by atoms with Crippen LogP contribution in [0.5, 0.6) is 0 Å². The molecule has 41 heavy (non-hydrogen) atoms. The average molecular weight is 547 g/mol. The highest BCUT2D eigenvalue weighted by Gasteiger charge is 2.43. The zero-order valence-electron chi connectivity index (χ0n) is 22.9. The van der Waals surface area contributed by atoms with E-state index in [1.807, 2.05) is 58.9 Å². The molecular weight excluding hydrogens is 516 g/mol. The van der Waals surface area contributed by atoms with Crippen LogP contribution in [0.1, 0.15) is 46.0 Å². The maximum Gasteiger partial charge on any atom is 0.281 e. The van der Waals surface area contributed by atoms with Crippen LogP contribution in [-0.4, -0.2) is 68.5 Å². The third-order valence-corrected chi connectivity index (χ3v) is 7.97. The lowest BCUT2D eigenvalue weighted by Gasteiger charge is -2.33. The molecule has 1 fully saturated rings. The van der Waals surface area contributed by atoms with E-state index < -0.39 is 0 Å². The first-order valence-corrected chi connectivity index (χ1v) is 14.0. The van der Waals surface area contributed by atoms with Gasteiger partial charge in [-0.05, 0) is 43.5 Å². The van der Waals surface area contributed by atoms with Gasteiger partial charge < -0.3 is 10.6 Å². The maximum absolute atomic E-state index is 14.4. The van der Waals surface area contributed by atoms with Gasteiger partial charge in [0.15, 0.2) is 11.5 Å². The number of piperidine rings is 1. The average Bonchev–Trinajstić information content (AvgIpc) is 3.61. The first-order valence-electron chi connectivity index (χ1n) is 14.0. The number of aromatic nitrogens is 4. The lowest BCUT2D eigenvalue weighted by Crippen LogP contribution is -2.50. The number of guanidine groups is 1. The Labute approximate surface area is 237 Å². The van der Waals surface area contributed by atoms with Crippen LogP contribution in [0.15, 0.2) is 53.5 Å². The topological polar surface area (TPSA) is 133 Å². The van der Waals surface area contributed by atoms with E-state index >= 15 is 0 Å². The monoisotopic (exact) mass is 546 g/mol. The summed E-state index contributed by atoms with van der Waals surface area (Å²) in [6.07, 6.45) is 1.92. The highest BCUT2D eigenvalue weighted by atomic mass is 16.2. The number of anilines is 2. The number of fused-ring (bicyclic) bond motifs is 4. The van der Waals surface area contributed by atoms with Gasteiger partial charge in [0.2, 0.25) is 11.9 Å². The molecule has 0 radical (unpaired) electrons. The molecule has 0 saturated carbocycles.